The first-order valence-corrected chi connectivity index (χ1v) is 8.48. The number of halogens is 2. The number of hydrogen-bond acceptors (Lipinski definition) is 3. The summed E-state index contributed by atoms with van der Waals surface area (Å²) in [5, 5.41) is 2.65. The van der Waals surface area contributed by atoms with Gasteiger partial charge in [-0.3, -0.25) is 9.59 Å². The molecule has 0 bridgehead atoms. The molecule has 0 spiro atoms. The van der Waals surface area contributed by atoms with Crippen LogP contribution in [0.25, 0.3) is 0 Å². The summed E-state index contributed by atoms with van der Waals surface area (Å²) in [6.45, 7) is -0.298. The monoisotopic (exact) mass is 383 g/mol. The molecule has 0 radical (unpaired) electrons. The number of anilines is 1. The summed E-state index contributed by atoms with van der Waals surface area (Å²) in [5.74, 6) is -0.815. The van der Waals surface area contributed by atoms with E-state index >= 15 is 0 Å². The maximum Gasteiger partial charge on any atom is 0.262 e. The molecule has 6 heteroatoms. The maximum atomic E-state index is 13.7. The Bertz CT molecular complexity index is 959. The quantitative estimate of drug-likeness (QED) is 0.626. The van der Waals surface area contributed by atoms with E-state index in [1.807, 2.05) is 6.07 Å². The SMILES string of the molecule is O=C(COc1ccc(C(=O)c2ccccc2)cc1)Nc1ccc(Cl)cc1F. The van der Waals surface area contributed by atoms with Crippen LogP contribution in [0.3, 0.4) is 0 Å². The van der Waals surface area contributed by atoms with Crippen molar-refractivity contribution in [1.82, 2.24) is 0 Å². The standard InChI is InChI=1S/C21H15ClFNO3/c22-16-8-11-19(18(23)12-16)24-20(25)13-27-17-9-6-15(7-10-17)21(26)14-4-2-1-3-5-14/h1-12H,13H2,(H,24,25). The highest BCUT2D eigenvalue weighted by Gasteiger charge is 2.10. The molecule has 3 rings (SSSR count). The number of benzene rings is 3. The summed E-state index contributed by atoms with van der Waals surface area (Å²) in [5.41, 5.74) is 1.13. The normalized spacial score (nSPS) is 10.3. The van der Waals surface area contributed by atoms with E-state index in [9.17, 15) is 14.0 Å². The number of ketones is 1. The van der Waals surface area contributed by atoms with Crippen LogP contribution in [0.4, 0.5) is 10.1 Å². The number of rotatable bonds is 6. The minimum Gasteiger partial charge on any atom is -0.484 e. The van der Waals surface area contributed by atoms with E-state index in [0.717, 1.165) is 6.07 Å². The van der Waals surface area contributed by atoms with Crippen molar-refractivity contribution in [3.63, 3.8) is 0 Å². The maximum absolute atomic E-state index is 13.7. The highest BCUT2D eigenvalue weighted by Crippen LogP contribution is 2.19. The summed E-state index contributed by atoms with van der Waals surface area (Å²) < 4.78 is 19.0. The molecule has 27 heavy (non-hydrogen) atoms. The molecule has 4 nitrogen and oxygen atoms in total. The van der Waals surface area contributed by atoms with Crippen molar-refractivity contribution in [2.24, 2.45) is 0 Å². The van der Waals surface area contributed by atoms with E-state index in [0.29, 0.717) is 16.9 Å². The fourth-order valence-electron chi connectivity index (χ4n) is 2.38. The summed E-state index contributed by atoms with van der Waals surface area (Å²) in [6, 6.07) is 19.3. The second-order valence-corrected chi connectivity index (χ2v) is 6.12. The lowest BCUT2D eigenvalue weighted by Gasteiger charge is -2.09. The van der Waals surface area contributed by atoms with Crippen LogP contribution in [-0.4, -0.2) is 18.3 Å². The zero-order chi connectivity index (χ0) is 19.2. The molecule has 0 aliphatic carbocycles. The molecule has 0 fully saturated rings. The van der Waals surface area contributed by atoms with Crippen molar-refractivity contribution in [3.8, 4) is 5.75 Å². The molecule has 0 saturated heterocycles. The summed E-state index contributed by atoms with van der Waals surface area (Å²) in [7, 11) is 0. The Labute approximate surface area is 160 Å². The van der Waals surface area contributed by atoms with Crippen molar-refractivity contribution < 1.29 is 18.7 Å². The first-order valence-electron chi connectivity index (χ1n) is 8.10. The van der Waals surface area contributed by atoms with E-state index < -0.39 is 11.7 Å². The molecule has 0 unspecified atom stereocenters. The molecule has 0 aliphatic rings. The van der Waals surface area contributed by atoms with Crippen LogP contribution in [0.5, 0.6) is 5.75 Å². The Hall–Kier alpha value is -3.18. The van der Waals surface area contributed by atoms with Crippen molar-refractivity contribution in [2.45, 2.75) is 0 Å². The predicted molar refractivity (Wildman–Crippen MR) is 102 cm³/mol. The van der Waals surface area contributed by atoms with Crippen LogP contribution >= 0.6 is 11.6 Å². The van der Waals surface area contributed by atoms with E-state index in [1.54, 1.807) is 48.5 Å². The Morgan fingerprint density at radius 3 is 2.26 bits per heavy atom. The number of carbonyl (C=O) groups is 2. The van der Waals surface area contributed by atoms with Gasteiger partial charge in [0.1, 0.15) is 11.6 Å². The molecule has 0 atom stereocenters. The third-order valence-corrected chi connectivity index (χ3v) is 3.96. The van der Waals surface area contributed by atoms with Gasteiger partial charge in [0.25, 0.3) is 5.91 Å². The number of nitrogens with one attached hydrogen (secondary N) is 1. The topological polar surface area (TPSA) is 55.4 Å². The van der Waals surface area contributed by atoms with E-state index in [1.165, 1.54) is 12.1 Å². The second-order valence-electron chi connectivity index (χ2n) is 5.68. The van der Waals surface area contributed by atoms with Crippen LogP contribution in [0.1, 0.15) is 15.9 Å². The fourth-order valence-corrected chi connectivity index (χ4v) is 2.54. The summed E-state index contributed by atoms with van der Waals surface area (Å²) in [6.07, 6.45) is 0. The Morgan fingerprint density at radius 2 is 1.59 bits per heavy atom. The lowest BCUT2D eigenvalue weighted by atomic mass is 10.0. The van der Waals surface area contributed by atoms with Gasteiger partial charge in [-0.2, -0.15) is 0 Å². The average Bonchev–Trinajstić information content (AvgIpc) is 2.69. The van der Waals surface area contributed by atoms with Gasteiger partial charge in [-0.25, -0.2) is 4.39 Å². The molecule has 0 aliphatic heterocycles. The van der Waals surface area contributed by atoms with Crippen molar-refractivity contribution >= 4 is 29.0 Å². The third-order valence-electron chi connectivity index (χ3n) is 3.73. The Kier molecular flexibility index (Phi) is 5.84. The van der Waals surface area contributed by atoms with Crippen LogP contribution in [-0.2, 0) is 4.79 Å². The van der Waals surface area contributed by atoms with Gasteiger partial charge >= 0.3 is 0 Å². The number of hydrogen-bond donors (Lipinski definition) is 1. The van der Waals surface area contributed by atoms with Crippen molar-refractivity contribution in [1.29, 1.82) is 0 Å². The van der Waals surface area contributed by atoms with Crippen molar-refractivity contribution in [2.75, 3.05) is 11.9 Å². The third kappa shape index (κ3) is 4.92. The number of amides is 1. The lowest BCUT2D eigenvalue weighted by Crippen LogP contribution is -2.20. The smallest absolute Gasteiger partial charge is 0.262 e. The molecule has 3 aromatic carbocycles. The average molecular weight is 384 g/mol. The summed E-state index contributed by atoms with van der Waals surface area (Å²) in [4.78, 5) is 24.2. The first kappa shape index (κ1) is 18.6. The highest BCUT2D eigenvalue weighted by molar-refractivity contribution is 6.30. The number of carbonyl (C=O) groups excluding carboxylic acids is 2. The zero-order valence-corrected chi connectivity index (χ0v) is 14.9. The van der Waals surface area contributed by atoms with Gasteiger partial charge in [-0.05, 0) is 42.5 Å². The molecule has 1 N–H and O–H groups in total. The van der Waals surface area contributed by atoms with Gasteiger partial charge in [0.2, 0.25) is 0 Å². The second kappa shape index (κ2) is 8.47. The van der Waals surface area contributed by atoms with Gasteiger partial charge < -0.3 is 10.1 Å². The molecule has 3 aromatic rings. The minimum absolute atomic E-state index is 0.0248. The van der Waals surface area contributed by atoms with E-state index in [2.05, 4.69) is 5.32 Å². The van der Waals surface area contributed by atoms with Crippen LogP contribution in [0.2, 0.25) is 5.02 Å². The molecule has 136 valence electrons. The molecule has 0 aromatic heterocycles. The van der Waals surface area contributed by atoms with Crippen molar-refractivity contribution in [3.05, 3.63) is 94.8 Å². The molecular formula is C21H15ClFNO3. The molecule has 0 heterocycles. The Balaban J connectivity index is 1.57. The van der Waals surface area contributed by atoms with Gasteiger partial charge in [0, 0.05) is 16.1 Å². The molecular weight excluding hydrogens is 369 g/mol. The Morgan fingerprint density at radius 1 is 0.926 bits per heavy atom. The van der Waals surface area contributed by atoms with Crippen LogP contribution < -0.4 is 10.1 Å². The fraction of sp³-hybridized carbons (Fsp3) is 0.0476. The largest absolute Gasteiger partial charge is 0.484 e. The van der Waals surface area contributed by atoms with Gasteiger partial charge in [-0.15, -0.1) is 0 Å². The predicted octanol–water partition coefficient (Wildman–Crippen LogP) is 4.73. The summed E-state index contributed by atoms with van der Waals surface area (Å²) >= 11 is 5.67. The zero-order valence-electron chi connectivity index (χ0n) is 14.1. The first-order chi connectivity index (χ1) is 13.0. The molecule has 1 amide bonds. The van der Waals surface area contributed by atoms with Gasteiger partial charge in [0.15, 0.2) is 12.4 Å². The highest BCUT2D eigenvalue weighted by atomic mass is 35.5. The van der Waals surface area contributed by atoms with E-state index in [4.69, 9.17) is 16.3 Å². The van der Waals surface area contributed by atoms with E-state index in [-0.39, 0.29) is 23.1 Å². The van der Waals surface area contributed by atoms with Gasteiger partial charge in [0.05, 0.1) is 5.69 Å². The van der Waals surface area contributed by atoms with Crippen LogP contribution in [0, 0.1) is 5.82 Å². The minimum atomic E-state index is -0.625. The molecule has 0 saturated carbocycles. The van der Waals surface area contributed by atoms with Gasteiger partial charge in [-0.1, -0.05) is 41.9 Å². The van der Waals surface area contributed by atoms with Crippen LogP contribution in [0.15, 0.2) is 72.8 Å². The lowest BCUT2D eigenvalue weighted by molar-refractivity contribution is -0.118. The number of ether oxygens (including phenoxy) is 1.